The van der Waals surface area contributed by atoms with Gasteiger partial charge >= 0.3 is 0 Å². The fourth-order valence-electron chi connectivity index (χ4n) is 6.16. The van der Waals surface area contributed by atoms with Crippen molar-refractivity contribution in [2.24, 2.45) is 23.5 Å². The molecule has 0 spiro atoms. The Morgan fingerprint density at radius 3 is 2.40 bits per heavy atom. The van der Waals surface area contributed by atoms with E-state index in [1.54, 1.807) is 33.1 Å². The summed E-state index contributed by atoms with van der Waals surface area (Å²) in [5.41, 5.74) is 2.25. The van der Waals surface area contributed by atoms with Crippen LogP contribution in [0.4, 0.5) is 4.39 Å². The molecule has 35 heavy (non-hydrogen) atoms. The number of carbonyl (C=O) groups excluding carboxylic acids is 3. The second kappa shape index (κ2) is 8.37. The van der Waals surface area contributed by atoms with Gasteiger partial charge in [0.25, 0.3) is 0 Å². The van der Waals surface area contributed by atoms with E-state index in [0.717, 1.165) is 6.07 Å². The van der Waals surface area contributed by atoms with Crippen LogP contribution in [0.3, 0.4) is 0 Å². The molecule has 1 aromatic carbocycles. The Morgan fingerprint density at radius 1 is 1.23 bits per heavy atom. The van der Waals surface area contributed by atoms with Crippen LogP contribution in [-0.2, 0) is 22.6 Å². The standard InChI is InChI=1S/C24H30FN3O7/c1-27(2)8-10-7-13(29)15-11(17(10)25)5-9-6-12-18(28(3)4)20(31)16(23(26)34)22(33)24(12,35)21(32)14(9)19(15)30/h7,9,12,16,18,20,29,31-32,35H,5-6,8H2,1-4H3,(H2,26,34)/t9-,12-,16?,18-,20?,24-/m0/s1. The fourth-order valence-corrected chi connectivity index (χ4v) is 6.16. The molecule has 190 valence electrons. The smallest absolute Gasteiger partial charge is 0.230 e. The maximum Gasteiger partial charge on any atom is 0.230 e. The Kier molecular flexibility index (Phi) is 6.03. The first-order valence-corrected chi connectivity index (χ1v) is 11.3. The number of nitrogens with two attached hydrogens (primary N) is 1. The number of hydrogen-bond donors (Lipinski definition) is 5. The molecule has 4 rings (SSSR count). The lowest BCUT2D eigenvalue weighted by Crippen LogP contribution is -2.71. The third-order valence-corrected chi connectivity index (χ3v) is 7.59. The number of allylic oxidation sites excluding steroid dienone is 1. The van der Waals surface area contributed by atoms with E-state index < -0.39 is 70.3 Å². The minimum atomic E-state index is -2.66. The number of ketones is 2. The SMILES string of the molecule is CN(C)Cc1cc(O)c2c(c1F)C[C@H]1C[C@H]3[C@H](N(C)C)C(O)C(C(N)=O)C(=O)[C@@]3(O)C(O)=C1C2=O. The molecule has 0 aromatic heterocycles. The number of Topliss-reactive ketones (excluding diaryl/α,β-unsaturated/α-hetero) is 2. The Hall–Kier alpha value is -2.86. The number of aliphatic hydroxyl groups is 3. The van der Waals surface area contributed by atoms with Gasteiger partial charge < -0.3 is 36.0 Å². The van der Waals surface area contributed by atoms with Gasteiger partial charge in [-0.1, -0.05) is 0 Å². The first-order chi connectivity index (χ1) is 16.2. The summed E-state index contributed by atoms with van der Waals surface area (Å²) in [6, 6.07) is 0.172. The van der Waals surface area contributed by atoms with Crippen LogP contribution in [0.1, 0.15) is 27.9 Å². The van der Waals surface area contributed by atoms with Crippen molar-refractivity contribution in [1.82, 2.24) is 9.80 Å². The van der Waals surface area contributed by atoms with Crippen molar-refractivity contribution < 1.29 is 39.2 Å². The zero-order chi connectivity index (χ0) is 26.1. The molecular weight excluding hydrogens is 461 g/mol. The molecule has 1 amide bonds. The third kappa shape index (κ3) is 3.48. The van der Waals surface area contributed by atoms with Gasteiger partial charge in [0.15, 0.2) is 17.2 Å². The molecule has 3 aliphatic carbocycles. The van der Waals surface area contributed by atoms with Crippen LogP contribution in [0.2, 0.25) is 0 Å². The van der Waals surface area contributed by atoms with Crippen molar-refractivity contribution in [3.63, 3.8) is 0 Å². The number of phenols is 1. The number of amides is 1. The molecule has 0 radical (unpaired) electrons. The maximum absolute atomic E-state index is 15.4. The molecule has 11 heteroatoms. The molecule has 0 saturated heterocycles. The topological polar surface area (TPSA) is 165 Å². The first kappa shape index (κ1) is 25.2. The van der Waals surface area contributed by atoms with Crippen molar-refractivity contribution in [3.8, 4) is 5.75 Å². The Bertz CT molecular complexity index is 1160. The number of nitrogens with zero attached hydrogens (tertiary/aromatic N) is 2. The summed E-state index contributed by atoms with van der Waals surface area (Å²) in [7, 11) is 6.61. The van der Waals surface area contributed by atoms with Crippen molar-refractivity contribution in [2.45, 2.75) is 37.1 Å². The quantitative estimate of drug-likeness (QED) is 0.349. The van der Waals surface area contributed by atoms with E-state index in [4.69, 9.17) is 5.73 Å². The highest BCUT2D eigenvalue weighted by molar-refractivity contribution is 6.15. The van der Waals surface area contributed by atoms with Crippen LogP contribution < -0.4 is 5.73 Å². The number of halogens is 1. The molecule has 6 atom stereocenters. The molecule has 0 heterocycles. The van der Waals surface area contributed by atoms with E-state index in [1.807, 2.05) is 0 Å². The summed E-state index contributed by atoms with van der Waals surface area (Å²) >= 11 is 0. The van der Waals surface area contributed by atoms with Gasteiger partial charge in [0, 0.05) is 35.2 Å². The molecule has 6 N–H and O–H groups in total. The molecule has 1 aromatic rings. The average Bonchev–Trinajstić information content (AvgIpc) is 2.73. The van der Waals surface area contributed by atoms with E-state index in [1.165, 1.54) is 4.90 Å². The zero-order valence-corrected chi connectivity index (χ0v) is 19.9. The Morgan fingerprint density at radius 2 is 1.86 bits per heavy atom. The minimum absolute atomic E-state index is 0.00191. The number of carbonyl (C=O) groups is 3. The number of aromatic hydroxyl groups is 1. The maximum atomic E-state index is 15.4. The number of primary amides is 1. The van der Waals surface area contributed by atoms with Crippen molar-refractivity contribution in [2.75, 3.05) is 28.2 Å². The molecule has 1 saturated carbocycles. The van der Waals surface area contributed by atoms with Crippen molar-refractivity contribution in [1.29, 1.82) is 0 Å². The van der Waals surface area contributed by atoms with Crippen molar-refractivity contribution in [3.05, 3.63) is 39.9 Å². The van der Waals surface area contributed by atoms with Crippen LogP contribution in [0, 0.1) is 23.6 Å². The third-order valence-electron chi connectivity index (χ3n) is 7.59. The predicted molar refractivity (Wildman–Crippen MR) is 121 cm³/mol. The summed E-state index contributed by atoms with van der Waals surface area (Å²) in [5, 5.41) is 44.2. The lowest BCUT2D eigenvalue weighted by Gasteiger charge is -2.53. The molecule has 3 aliphatic rings. The van der Waals surface area contributed by atoms with Crippen molar-refractivity contribution >= 4 is 17.5 Å². The van der Waals surface area contributed by atoms with Crippen LogP contribution in [-0.4, -0.2) is 93.6 Å². The van der Waals surface area contributed by atoms with E-state index in [0.29, 0.717) is 0 Å². The number of phenolic OH excluding ortho intramolecular Hbond substituents is 1. The van der Waals surface area contributed by atoms with Gasteiger partial charge in [-0.3, -0.25) is 14.4 Å². The van der Waals surface area contributed by atoms with Crippen LogP contribution in [0.5, 0.6) is 5.75 Å². The highest BCUT2D eigenvalue weighted by Crippen LogP contribution is 2.52. The molecule has 0 aliphatic heterocycles. The molecular formula is C24H30FN3O7. The zero-order valence-electron chi connectivity index (χ0n) is 19.9. The van der Waals surface area contributed by atoms with Gasteiger partial charge in [-0.25, -0.2) is 4.39 Å². The molecule has 1 fully saturated rings. The summed E-state index contributed by atoms with van der Waals surface area (Å²) < 4.78 is 15.4. The molecule has 0 bridgehead atoms. The van der Waals surface area contributed by atoms with Gasteiger partial charge in [-0.05, 0) is 53.0 Å². The summed E-state index contributed by atoms with van der Waals surface area (Å²) in [4.78, 5) is 42.0. The Balaban J connectivity index is 1.92. The van der Waals surface area contributed by atoms with E-state index in [9.17, 15) is 34.8 Å². The highest BCUT2D eigenvalue weighted by Gasteiger charge is 2.66. The predicted octanol–water partition coefficient (Wildman–Crippen LogP) is -0.514. The lowest BCUT2D eigenvalue weighted by atomic mass is 9.56. The van der Waals surface area contributed by atoms with E-state index in [-0.39, 0.29) is 41.6 Å². The summed E-state index contributed by atoms with van der Waals surface area (Å²) in [6.45, 7) is 0.180. The van der Waals surface area contributed by atoms with Gasteiger partial charge in [0.1, 0.15) is 23.2 Å². The molecule has 10 nitrogen and oxygen atoms in total. The van der Waals surface area contributed by atoms with Gasteiger partial charge in [0.2, 0.25) is 5.91 Å². The Labute approximate surface area is 201 Å². The number of fused-ring (bicyclic) bond motifs is 3. The number of aliphatic hydroxyl groups excluding tert-OH is 2. The van der Waals surface area contributed by atoms with Crippen LogP contribution in [0.15, 0.2) is 17.4 Å². The van der Waals surface area contributed by atoms with E-state index >= 15 is 4.39 Å². The van der Waals surface area contributed by atoms with Crippen LogP contribution in [0.25, 0.3) is 0 Å². The first-order valence-electron chi connectivity index (χ1n) is 11.3. The number of hydrogen-bond acceptors (Lipinski definition) is 9. The minimum Gasteiger partial charge on any atom is -0.508 e. The number of benzene rings is 1. The summed E-state index contributed by atoms with van der Waals surface area (Å²) in [5.74, 6) is -9.04. The second-order valence-electron chi connectivity index (χ2n) is 10.3. The van der Waals surface area contributed by atoms with E-state index in [2.05, 4.69) is 0 Å². The normalized spacial score (nSPS) is 32.5. The van der Waals surface area contributed by atoms with Gasteiger partial charge in [0.05, 0.1) is 11.7 Å². The number of likely N-dealkylation sites (N-methyl/N-ethyl adjacent to an activating group) is 1. The monoisotopic (exact) mass is 491 g/mol. The van der Waals surface area contributed by atoms with Gasteiger partial charge in [-0.15, -0.1) is 0 Å². The lowest BCUT2D eigenvalue weighted by molar-refractivity contribution is -0.178. The largest absolute Gasteiger partial charge is 0.508 e. The molecule has 2 unspecified atom stereocenters. The van der Waals surface area contributed by atoms with Crippen LogP contribution >= 0.6 is 0 Å². The summed E-state index contributed by atoms with van der Waals surface area (Å²) in [6.07, 6.45) is -1.69. The second-order valence-corrected chi connectivity index (χ2v) is 10.3. The average molecular weight is 492 g/mol. The van der Waals surface area contributed by atoms with Gasteiger partial charge in [-0.2, -0.15) is 0 Å². The fraction of sp³-hybridized carbons (Fsp3) is 0.542. The number of rotatable bonds is 4. The highest BCUT2D eigenvalue weighted by atomic mass is 19.1.